The van der Waals surface area contributed by atoms with Crippen molar-refractivity contribution in [3.63, 3.8) is 0 Å². The fraction of sp³-hybridized carbons (Fsp3) is 0.409. The maximum atomic E-state index is 12.3. The Labute approximate surface area is 162 Å². The van der Waals surface area contributed by atoms with Gasteiger partial charge in [-0.05, 0) is 52.0 Å². The molecule has 27 heavy (non-hydrogen) atoms. The molecule has 0 aromatic heterocycles. The highest BCUT2D eigenvalue weighted by Gasteiger charge is 2.14. The first-order valence-electron chi connectivity index (χ1n) is 9.35. The average Bonchev–Trinajstić information content (AvgIpc) is 2.65. The van der Waals surface area contributed by atoms with Crippen molar-refractivity contribution in [1.82, 2.24) is 4.90 Å². The molecule has 146 valence electrons. The van der Waals surface area contributed by atoms with Crippen LogP contribution < -0.4 is 14.8 Å². The largest absolute Gasteiger partial charge is 0.493 e. The summed E-state index contributed by atoms with van der Waals surface area (Å²) in [6, 6.07) is 15.4. The maximum Gasteiger partial charge on any atom is 0.255 e. The van der Waals surface area contributed by atoms with E-state index in [9.17, 15) is 4.79 Å². The summed E-state index contributed by atoms with van der Waals surface area (Å²) < 4.78 is 11.4. The molecule has 5 nitrogen and oxygen atoms in total. The third-order valence-electron chi connectivity index (χ3n) is 4.39. The molecule has 0 saturated heterocycles. The van der Waals surface area contributed by atoms with Crippen molar-refractivity contribution in [2.75, 3.05) is 25.6 Å². The van der Waals surface area contributed by atoms with E-state index < -0.39 is 0 Å². The highest BCUT2D eigenvalue weighted by atomic mass is 16.5. The van der Waals surface area contributed by atoms with Crippen LogP contribution in [0.15, 0.2) is 48.5 Å². The number of methoxy groups -OCH3 is 1. The summed E-state index contributed by atoms with van der Waals surface area (Å²) in [5.41, 5.74) is 1.28. The van der Waals surface area contributed by atoms with Crippen LogP contribution in [0.1, 0.15) is 38.1 Å². The van der Waals surface area contributed by atoms with Gasteiger partial charge in [-0.25, -0.2) is 0 Å². The molecule has 1 amide bonds. The van der Waals surface area contributed by atoms with Gasteiger partial charge in [-0.15, -0.1) is 0 Å². The second kappa shape index (κ2) is 9.97. The number of carbonyl (C=O) groups excluding carboxylic acids is 1. The first kappa shape index (κ1) is 20.8. The standard InChI is InChI=1S/C22H30N2O3/c1-16(2)24(17(3)4)13-14-27-21-15-19(11-12-20(21)26-5)23-22(25)18-9-7-6-8-10-18/h6-12,15-17H,13-14H2,1-5H3,(H,23,25). The molecule has 2 aromatic carbocycles. The number of rotatable bonds is 9. The van der Waals surface area contributed by atoms with Crippen LogP contribution >= 0.6 is 0 Å². The molecule has 0 atom stereocenters. The van der Waals surface area contributed by atoms with E-state index in [2.05, 4.69) is 37.9 Å². The second-order valence-corrected chi connectivity index (χ2v) is 6.96. The highest BCUT2D eigenvalue weighted by Crippen LogP contribution is 2.30. The first-order valence-corrected chi connectivity index (χ1v) is 9.35. The van der Waals surface area contributed by atoms with Gasteiger partial charge in [0, 0.05) is 35.9 Å². The van der Waals surface area contributed by atoms with Gasteiger partial charge in [-0.2, -0.15) is 0 Å². The van der Waals surface area contributed by atoms with Crippen LogP contribution in [-0.4, -0.2) is 43.2 Å². The van der Waals surface area contributed by atoms with Gasteiger partial charge >= 0.3 is 0 Å². The lowest BCUT2D eigenvalue weighted by Gasteiger charge is -2.30. The van der Waals surface area contributed by atoms with Crippen molar-refractivity contribution in [3.8, 4) is 11.5 Å². The Balaban J connectivity index is 2.05. The molecule has 0 aliphatic rings. The smallest absolute Gasteiger partial charge is 0.255 e. The summed E-state index contributed by atoms with van der Waals surface area (Å²) in [5.74, 6) is 1.11. The molecule has 0 fully saturated rings. The molecule has 0 radical (unpaired) electrons. The fourth-order valence-corrected chi connectivity index (χ4v) is 3.03. The van der Waals surface area contributed by atoms with E-state index in [0.717, 1.165) is 6.54 Å². The number of amides is 1. The number of hydrogen-bond acceptors (Lipinski definition) is 4. The molecule has 2 rings (SSSR count). The lowest BCUT2D eigenvalue weighted by molar-refractivity contribution is 0.102. The van der Waals surface area contributed by atoms with Gasteiger partial charge in [0.25, 0.3) is 5.91 Å². The summed E-state index contributed by atoms with van der Waals surface area (Å²) in [5, 5.41) is 2.90. The second-order valence-electron chi connectivity index (χ2n) is 6.96. The van der Waals surface area contributed by atoms with Crippen molar-refractivity contribution >= 4 is 11.6 Å². The van der Waals surface area contributed by atoms with Gasteiger partial charge in [0.15, 0.2) is 11.5 Å². The van der Waals surface area contributed by atoms with Gasteiger partial charge < -0.3 is 14.8 Å². The monoisotopic (exact) mass is 370 g/mol. The van der Waals surface area contributed by atoms with Crippen LogP contribution in [0, 0.1) is 0 Å². The minimum absolute atomic E-state index is 0.155. The average molecular weight is 370 g/mol. The molecule has 0 spiro atoms. The number of anilines is 1. The van der Waals surface area contributed by atoms with Crippen LogP contribution in [0.3, 0.4) is 0 Å². The molecule has 5 heteroatoms. The number of hydrogen-bond donors (Lipinski definition) is 1. The van der Waals surface area contributed by atoms with Gasteiger partial charge in [0.05, 0.1) is 7.11 Å². The van der Waals surface area contributed by atoms with E-state index in [4.69, 9.17) is 9.47 Å². The van der Waals surface area contributed by atoms with Crippen LogP contribution in [0.2, 0.25) is 0 Å². The Bertz CT molecular complexity index is 722. The van der Waals surface area contributed by atoms with E-state index in [1.54, 1.807) is 37.4 Å². The topological polar surface area (TPSA) is 50.8 Å². The normalized spacial score (nSPS) is 11.1. The van der Waals surface area contributed by atoms with E-state index in [1.807, 2.05) is 18.2 Å². The van der Waals surface area contributed by atoms with Crippen LogP contribution in [0.5, 0.6) is 11.5 Å². The summed E-state index contributed by atoms with van der Waals surface area (Å²) in [6.07, 6.45) is 0. The number of nitrogens with one attached hydrogen (secondary N) is 1. The molecule has 0 saturated carbocycles. The summed E-state index contributed by atoms with van der Waals surface area (Å²) in [4.78, 5) is 14.7. The van der Waals surface area contributed by atoms with Crippen LogP contribution in [0.25, 0.3) is 0 Å². The maximum absolute atomic E-state index is 12.3. The lowest BCUT2D eigenvalue weighted by Crippen LogP contribution is -2.39. The van der Waals surface area contributed by atoms with Crippen LogP contribution in [-0.2, 0) is 0 Å². The molecule has 0 unspecified atom stereocenters. The van der Waals surface area contributed by atoms with E-state index in [1.165, 1.54) is 0 Å². The molecule has 0 aliphatic carbocycles. The number of ether oxygens (including phenoxy) is 2. The number of benzene rings is 2. The van der Waals surface area contributed by atoms with E-state index in [-0.39, 0.29) is 5.91 Å². The van der Waals surface area contributed by atoms with Gasteiger partial charge in [0.1, 0.15) is 6.61 Å². The van der Waals surface area contributed by atoms with Gasteiger partial charge in [-0.3, -0.25) is 9.69 Å². The molecule has 0 bridgehead atoms. The SMILES string of the molecule is COc1ccc(NC(=O)c2ccccc2)cc1OCCN(C(C)C)C(C)C. The summed E-state index contributed by atoms with van der Waals surface area (Å²) in [7, 11) is 1.61. The van der Waals surface area contributed by atoms with Crippen LogP contribution in [0.4, 0.5) is 5.69 Å². The quantitative estimate of drug-likeness (QED) is 0.709. The zero-order valence-corrected chi connectivity index (χ0v) is 16.9. The van der Waals surface area contributed by atoms with Crippen molar-refractivity contribution < 1.29 is 14.3 Å². The van der Waals surface area contributed by atoms with Crippen molar-refractivity contribution in [2.24, 2.45) is 0 Å². The lowest BCUT2D eigenvalue weighted by atomic mass is 10.2. The predicted octanol–water partition coefficient (Wildman–Crippen LogP) is 4.45. The van der Waals surface area contributed by atoms with E-state index >= 15 is 0 Å². The van der Waals surface area contributed by atoms with Crippen molar-refractivity contribution in [1.29, 1.82) is 0 Å². The third-order valence-corrected chi connectivity index (χ3v) is 4.39. The zero-order chi connectivity index (χ0) is 19.8. The highest BCUT2D eigenvalue weighted by molar-refractivity contribution is 6.04. The summed E-state index contributed by atoms with van der Waals surface area (Å²) >= 11 is 0. The number of nitrogens with zero attached hydrogens (tertiary/aromatic N) is 1. The predicted molar refractivity (Wildman–Crippen MR) is 110 cm³/mol. The Morgan fingerprint density at radius 2 is 1.67 bits per heavy atom. The Kier molecular flexibility index (Phi) is 7.67. The molecule has 0 heterocycles. The van der Waals surface area contributed by atoms with Gasteiger partial charge in [0.2, 0.25) is 0 Å². The van der Waals surface area contributed by atoms with Crippen molar-refractivity contribution in [3.05, 3.63) is 54.1 Å². The third kappa shape index (κ3) is 6.00. The fourth-order valence-electron chi connectivity index (χ4n) is 3.03. The minimum Gasteiger partial charge on any atom is -0.493 e. The molecule has 1 N–H and O–H groups in total. The van der Waals surface area contributed by atoms with Gasteiger partial charge in [-0.1, -0.05) is 18.2 Å². The first-order chi connectivity index (χ1) is 12.9. The molecule has 0 aliphatic heterocycles. The molecular formula is C22H30N2O3. The summed E-state index contributed by atoms with van der Waals surface area (Å²) in [6.45, 7) is 10.1. The van der Waals surface area contributed by atoms with E-state index in [0.29, 0.717) is 41.4 Å². The molecular weight excluding hydrogens is 340 g/mol. The minimum atomic E-state index is -0.155. The Hall–Kier alpha value is -2.53. The molecule has 2 aromatic rings. The van der Waals surface area contributed by atoms with Crippen molar-refractivity contribution in [2.45, 2.75) is 39.8 Å². The Morgan fingerprint density at radius 1 is 1.00 bits per heavy atom. The Morgan fingerprint density at radius 3 is 2.26 bits per heavy atom. The zero-order valence-electron chi connectivity index (χ0n) is 16.9. The number of carbonyl (C=O) groups is 1.